The molecule has 21 heavy (non-hydrogen) atoms. The largest absolute Gasteiger partial charge is 0.396 e. The number of hydrogen-bond donors (Lipinski definition) is 2. The highest BCUT2D eigenvalue weighted by molar-refractivity contribution is 5.18. The van der Waals surface area contributed by atoms with Crippen LogP contribution in [0, 0.1) is 0 Å². The Labute approximate surface area is 129 Å². The third-order valence-corrected chi connectivity index (χ3v) is 4.57. The van der Waals surface area contributed by atoms with Gasteiger partial charge < -0.3 is 15.3 Å². The van der Waals surface area contributed by atoms with Gasteiger partial charge in [0.2, 0.25) is 0 Å². The van der Waals surface area contributed by atoms with E-state index in [1.807, 2.05) is 0 Å². The Morgan fingerprint density at radius 1 is 1.29 bits per heavy atom. The van der Waals surface area contributed by atoms with Crippen LogP contribution in [-0.2, 0) is 0 Å². The fourth-order valence-electron chi connectivity index (χ4n) is 3.44. The van der Waals surface area contributed by atoms with Crippen molar-refractivity contribution in [2.24, 2.45) is 0 Å². The Morgan fingerprint density at radius 3 is 2.81 bits per heavy atom. The first-order valence-corrected chi connectivity index (χ1v) is 8.48. The molecule has 1 aliphatic rings. The zero-order valence-corrected chi connectivity index (χ0v) is 13.3. The van der Waals surface area contributed by atoms with Crippen LogP contribution in [0.25, 0.3) is 0 Å². The van der Waals surface area contributed by atoms with Crippen LogP contribution >= 0.6 is 0 Å². The van der Waals surface area contributed by atoms with Crippen LogP contribution < -0.4 is 5.32 Å². The van der Waals surface area contributed by atoms with E-state index in [1.54, 1.807) is 0 Å². The molecule has 0 aliphatic carbocycles. The quantitative estimate of drug-likeness (QED) is 0.772. The van der Waals surface area contributed by atoms with E-state index in [0.717, 1.165) is 25.9 Å². The second-order valence-corrected chi connectivity index (χ2v) is 6.01. The Bertz CT molecular complexity index is 380. The number of rotatable bonds is 8. The highest BCUT2D eigenvalue weighted by Gasteiger charge is 2.22. The van der Waals surface area contributed by atoms with Gasteiger partial charge in [-0.3, -0.25) is 0 Å². The van der Waals surface area contributed by atoms with Gasteiger partial charge in [-0.25, -0.2) is 0 Å². The normalized spacial score (nSPS) is 21.3. The van der Waals surface area contributed by atoms with E-state index in [4.69, 9.17) is 0 Å². The van der Waals surface area contributed by atoms with Crippen molar-refractivity contribution >= 4 is 0 Å². The lowest BCUT2D eigenvalue weighted by Gasteiger charge is -2.36. The van der Waals surface area contributed by atoms with Crippen molar-refractivity contribution in [3.63, 3.8) is 0 Å². The second-order valence-electron chi connectivity index (χ2n) is 6.01. The summed E-state index contributed by atoms with van der Waals surface area (Å²) in [6.07, 6.45) is 5.93. The van der Waals surface area contributed by atoms with E-state index in [-0.39, 0.29) is 0 Å². The summed E-state index contributed by atoms with van der Waals surface area (Å²) in [4.78, 5) is 2.59. The van der Waals surface area contributed by atoms with E-state index >= 15 is 0 Å². The summed E-state index contributed by atoms with van der Waals surface area (Å²) in [7, 11) is 0. The first kappa shape index (κ1) is 16.5. The third kappa shape index (κ3) is 5.10. The third-order valence-electron chi connectivity index (χ3n) is 4.57. The van der Waals surface area contributed by atoms with Crippen molar-refractivity contribution < 1.29 is 5.11 Å². The summed E-state index contributed by atoms with van der Waals surface area (Å²) in [5.41, 5.74) is 1.38. The van der Waals surface area contributed by atoms with Gasteiger partial charge in [0.1, 0.15) is 0 Å². The van der Waals surface area contributed by atoms with Crippen LogP contribution in [0.4, 0.5) is 0 Å². The van der Waals surface area contributed by atoms with Crippen molar-refractivity contribution in [3.8, 4) is 0 Å². The molecule has 0 radical (unpaired) electrons. The highest BCUT2D eigenvalue weighted by Crippen LogP contribution is 2.23. The zero-order valence-electron chi connectivity index (χ0n) is 13.3. The molecule has 1 aliphatic heterocycles. The van der Waals surface area contributed by atoms with E-state index in [9.17, 15) is 5.11 Å². The number of hydrogen-bond acceptors (Lipinski definition) is 3. The van der Waals surface area contributed by atoms with Crippen LogP contribution in [0.15, 0.2) is 30.3 Å². The molecule has 0 aromatic heterocycles. The molecule has 0 bridgehead atoms. The molecule has 1 fully saturated rings. The van der Waals surface area contributed by atoms with E-state index in [0.29, 0.717) is 18.7 Å². The van der Waals surface area contributed by atoms with Crippen LogP contribution in [-0.4, -0.2) is 42.3 Å². The lowest BCUT2D eigenvalue weighted by Crippen LogP contribution is -2.41. The lowest BCUT2D eigenvalue weighted by atomic mass is 9.97. The first-order chi connectivity index (χ1) is 10.3. The maximum atomic E-state index is 9.24. The molecule has 1 aromatic rings. The molecule has 1 heterocycles. The van der Waals surface area contributed by atoms with E-state index < -0.39 is 0 Å². The van der Waals surface area contributed by atoms with Crippen molar-refractivity contribution in [2.75, 3.05) is 26.2 Å². The van der Waals surface area contributed by atoms with Gasteiger partial charge in [-0.15, -0.1) is 0 Å². The van der Waals surface area contributed by atoms with Gasteiger partial charge >= 0.3 is 0 Å². The molecule has 2 rings (SSSR count). The number of piperidine rings is 1. The summed E-state index contributed by atoms with van der Waals surface area (Å²) < 4.78 is 0. The molecule has 3 nitrogen and oxygen atoms in total. The van der Waals surface area contributed by atoms with Crippen molar-refractivity contribution in [2.45, 2.75) is 51.1 Å². The minimum Gasteiger partial charge on any atom is -0.396 e. The minimum absolute atomic E-state index is 0.316. The molecule has 3 heteroatoms. The Hall–Kier alpha value is -0.900. The molecule has 2 unspecified atom stereocenters. The number of aliphatic hydroxyl groups is 1. The average molecular weight is 290 g/mol. The molecule has 2 atom stereocenters. The molecule has 2 N–H and O–H groups in total. The smallest absolute Gasteiger partial charge is 0.0445 e. The standard InChI is InChI=1S/C18H30N2O/c1-2-19-18(16-8-4-3-5-9-16)11-14-20-13-7-6-10-17(20)12-15-21/h3-5,8-9,17-19,21H,2,6-7,10-15H2,1H3. The summed E-state index contributed by atoms with van der Waals surface area (Å²) in [6.45, 7) is 5.80. The van der Waals surface area contributed by atoms with Gasteiger partial charge in [-0.2, -0.15) is 0 Å². The van der Waals surface area contributed by atoms with Gasteiger partial charge in [-0.05, 0) is 44.3 Å². The SMILES string of the molecule is CCNC(CCN1CCCCC1CCO)c1ccccc1. The molecule has 118 valence electrons. The molecular formula is C18H30N2O. The van der Waals surface area contributed by atoms with Crippen molar-refractivity contribution in [3.05, 3.63) is 35.9 Å². The number of benzene rings is 1. The van der Waals surface area contributed by atoms with Crippen molar-refractivity contribution in [1.82, 2.24) is 10.2 Å². The number of nitrogens with zero attached hydrogens (tertiary/aromatic N) is 1. The van der Waals surface area contributed by atoms with Crippen LogP contribution in [0.2, 0.25) is 0 Å². The van der Waals surface area contributed by atoms with Gasteiger partial charge in [0.25, 0.3) is 0 Å². The molecule has 1 saturated heterocycles. The molecular weight excluding hydrogens is 260 g/mol. The fourth-order valence-corrected chi connectivity index (χ4v) is 3.44. The topological polar surface area (TPSA) is 35.5 Å². The first-order valence-electron chi connectivity index (χ1n) is 8.48. The maximum Gasteiger partial charge on any atom is 0.0445 e. The maximum absolute atomic E-state index is 9.24. The number of likely N-dealkylation sites (tertiary alicyclic amines) is 1. The monoisotopic (exact) mass is 290 g/mol. The minimum atomic E-state index is 0.316. The predicted octanol–water partition coefficient (Wildman–Crippen LogP) is 2.96. The molecule has 1 aromatic carbocycles. The number of aliphatic hydroxyl groups excluding tert-OH is 1. The lowest BCUT2D eigenvalue weighted by molar-refractivity contribution is 0.114. The zero-order chi connectivity index (χ0) is 14.9. The van der Waals surface area contributed by atoms with Gasteiger partial charge in [0.15, 0.2) is 0 Å². The molecule has 0 spiro atoms. The average Bonchev–Trinajstić information content (AvgIpc) is 2.54. The van der Waals surface area contributed by atoms with Crippen LogP contribution in [0.3, 0.4) is 0 Å². The summed E-state index contributed by atoms with van der Waals surface area (Å²) >= 11 is 0. The van der Waals surface area contributed by atoms with E-state index in [2.05, 4.69) is 47.5 Å². The van der Waals surface area contributed by atoms with Gasteiger partial charge in [0.05, 0.1) is 0 Å². The number of nitrogens with one attached hydrogen (secondary N) is 1. The van der Waals surface area contributed by atoms with Gasteiger partial charge in [-0.1, -0.05) is 43.7 Å². The Balaban J connectivity index is 1.91. The Kier molecular flexibility index (Phi) is 7.20. The Morgan fingerprint density at radius 2 is 2.10 bits per heavy atom. The summed E-state index contributed by atoms with van der Waals surface area (Å²) in [6, 6.07) is 11.8. The predicted molar refractivity (Wildman–Crippen MR) is 88.4 cm³/mol. The summed E-state index contributed by atoms with van der Waals surface area (Å²) in [5.74, 6) is 0. The second kappa shape index (κ2) is 9.19. The molecule has 0 saturated carbocycles. The van der Waals surface area contributed by atoms with Crippen LogP contribution in [0.1, 0.15) is 50.6 Å². The molecule has 0 amide bonds. The van der Waals surface area contributed by atoms with Crippen LogP contribution in [0.5, 0.6) is 0 Å². The van der Waals surface area contributed by atoms with E-state index in [1.165, 1.54) is 31.4 Å². The fraction of sp³-hybridized carbons (Fsp3) is 0.667. The van der Waals surface area contributed by atoms with Crippen molar-refractivity contribution in [1.29, 1.82) is 0 Å². The summed E-state index contributed by atoms with van der Waals surface area (Å²) in [5, 5.41) is 12.8. The highest BCUT2D eigenvalue weighted by atomic mass is 16.3. The van der Waals surface area contributed by atoms with Gasteiger partial charge in [0, 0.05) is 25.2 Å².